The molecule has 0 aliphatic heterocycles. The Morgan fingerprint density at radius 3 is 2.54 bits per heavy atom. The normalized spacial score (nSPS) is 10.1. The van der Waals surface area contributed by atoms with Crippen LogP contribution in [0.5, 0.6) is 5.75 Å². The summed E-state index contributed by atoms with van der Waals surface area (Å²) in [6, 6.07) is 12.2. The number of nitrogens with zero attached hydrogens (tertiary/aromatic N) is 1. The Morgan fingerprint density at radius 2 is 1.92 bits per heavy atom. The number of carboxylic acids is 1. The van der Waals surface area contributed by atoms with Gasteiger partial charge in [0.25, 0.3) is 5.91 Å². The van der Waals surface area contributed by atoms with Gasteiger partial charge < -0.3 is 20.1 Å². The number of carbonyl (C=O) groups excluding carboxylic acids is 1. The van der Waals surface area contributed by atoms with E-state index >= 15 is 0 Å². The fourth-order valence-corrected chi connectivity index (χ4v) is 2.14. The van der Waals surface area contributed by atoms with Gasteiger partial charge in [0, 0.05) is 19.8 Å². The summed E-state index contributed by atoms with van der Waals surface area (Å²) in [6.45, 7) is 1.73. The third-order valence-electron chi connectivity index (χ3n) is 3.38. The summed E-state index contributed by atoms with van der Waals surface area (Å²) in [7, 11) is 3.63. The maximum atomic E-state index is 12.0. The van der Waals surface area contributed by atoms with Crippen molar-refractivity contribution in [2.45, 2.75) is 6.92 Å². The fourth-order valence-electron chi connectivity index (χ4n) is 2.14. The zero-order chi connectivity index (χ0) is 17.7. The summed E-state index contributed by atoms with van der Waals surface area (Å²) >= 11 is 0. The molecule has 6 nitrogen and oxygen atoms in total. The zero-order valence-electron chi connectivity index (χ0n) is 13.9. The Hall–Kier alpha value is -3.02. The molecule has 0 radical (unpaired) electrons. The minimum absolute atomic E-state index is 0.0325. The number of amides is 1. The molecule has 0 saturated heterocycles. The van der Waals surface area contributed by atoms with Crippen molar-refractivity contribution in [2.75, 3.05) is 30.9 Å². The van der Waals surface area contributed by atoms with Gasteiger partial charge in [-0.2, -0.15) is 0 Å². The molecule has 2 aromatic carbocycles. The second kappa shape index (κ2) is 7.50. The number of carboxylic acid groups (broad SMARTS) is 1. The lowest BCUT2D eigenvalue weighted by Crippen LogP contribution is -2.22. The molecular formula is C18H20N2O4. The second-order valence-corrected chi connectivity index (χ2v) is 5.58. The molecule has 0 aliphatic carbocycles. The van der Waals surface area contributed by atoms with E-state index < -0.39 is 11.9 Å². The van der Waals surface area contributed by atoms with Crippen LogP contribution >= 0.6 is 0 Å². The van der Waals surface area contributed by atoms with Crippen molar-refractivity contribution < 1.29 is 19.4 Å². The third-order valence-corrected chi connectivity index (χ3v) is 3.38. The molecule has 126 valence electrons. The van der Waals surface area contributed by atoms with Crippen LogP contribution < -0.4 is 15.0 Å². The molecule has 0 aliphatic rings. The van der Waals surface area contributed by atoms with Crippen LogP contribution in [0.15, 0.2) is 42.5 Å². The predicted molar refractivity (Wildman–Crippen MR) is 93.0 cm³/mol. The Morgan fingerprint density at radius 1 is 1.17 bits per heavy atom. The molecule has 2 N–H and O–H groups in total. The van der Waals surface area contributed by atoms with E-state index in [-0.39, 0.29) is 17.9 Å². The highest BCUT2D eigenvalue weighted by molar-refractivity contribution is 6.01. The number of aryl methyl sites for hydroxylation is 1. The summed E-state index contributed by atoms with van der Waals surface area (Å²) in [6.07, 6.45) is 0. The number of hydrogen-bond acceptors (Lipinski definition) is 4. The van der Waals surface area contributed by atoms with Gasteiger partial charge in [-0.3, -0.25) is 4.79 Å². The third kappa shape index (κ3) is 4.49. The first kappa shape index (κ1) is 17.3. The van der Waals surface area contributed by atoms with E-state index in [2.05, 4.69) is 5.32 Å². The van der Waals surface area contributed by atoms with Crippen LogP contribution in [-0.4, -0.2) is 37.7 Å². The first-order valence-corrected chi connectivity index (χ1v) is 7.41. The van der Waals surface area contributed by atoms with Gasteiger partial charge in [-0.15, -0.1) is 0 Å². The van der Waals surface area contributed by atoms with E-state index in [4.69, 9.17) is 4.74 Å². The first-order valence-electron chi connectivity index (χ1n) is 7.41. The van der Waals surface area contributed by atoms with Crippen molar-refractivity contribution in [3.05, 3.63) is 53.6 Å². The van der Waals surface area contributed by atoms with Crippen molar-refractivity contribution >= 4 is 23.3 Å². The molecule has 0 heterocycles. The minimum Gasteiger partial charge on any atom is -0.484 e. The zero-order valence-corrected chi connectivity index (χ0v) is 13.9. The number of benzene rings is 2. The predicted octanol–water partition coefficient (Wildman–Crippen LogP) is 2.78. The van der Waals surface area contributed by atoms with Crippen LogP contribution in [0, 0.1) is 6.92 Å². The van der Waals surface area contributed by atoms with E-state index in [1.807, 2.05) is 39.2 Å². The molecular weight excluding hydrogens is 308 g/mol. The molecule has 0 unspecified atom stereocenters. The van der Waals surface area contributed by atoms with Gasteiger partial charge in [0.05, 0.1) is 11.3 Å². The maximum Gasteiger partial charge on any atom is 0.337 e. The van der Waals surface area contributed by atoms with Crippen molar-refractivity contribution in [3.8, 4) is 5.75 Å². The number of aromatic carboxylic acids is 1. The molecule has 0 saturated carbocycles. The van der Waals surface area contributed by atoms with Crippen molar-refractivity contribution in [1.82, 2.24) is 0 Å². The van der Waals surface area contributed by atoms with Crippen LogP contribution in [0.3, 0.4) is 0 Å². The SMILES string of the molecule is Cc1cccc(OCC(=O)Nc2ccc(N(C)C)cc2C(=O)O)c1. The van der Waals surface area contributed by atoms with Gasteiger partial charge in [0.2, 0.25) is 0 Å². The monoisotopic (exact) mass is 328 g/mol. The first-order chi connectivity index (χ1) is 11.4. The molecule has 2 rings (SSSR count). The van der Waals surface area contributed by atoms with E-state index in [9.17, 15) is 14.7 Å². The molecule has 0 bridgehead atoms. The van der Waals surface area contributed by atoms with Gasteiger partial charge in [-0.25, -0.2) is 4.79 Å². The summed E-state index contributed by atoms with van der Waals surface area (Å²) in [5.41, 5.74) is 2.04. The highest BCUT2D eigenvalue weighted by atomic mass is 16.5. The van der Waals surface area contributed by atoms with Gasteiger partial charge >= 0.3 is 5.97 Å². The number of nitrogens with one attached hydrogen (secondary N) is 1. The van der Waals surface area contributed by atoms with Crippen molar-refractivity contribution in [1.29, 1.82) is 0 Å². The van der Waals surface area contributed by atoms with Crippen molar-refractivity contribution in [3.63, 3.8) is 0 Å². The maximum absolute atomic E-state index is 12.0. The highest BCUT2D eigenvalue weighted by Gasteiger charge is 2.14. The highest BCUT2D eigenvalue weighted by Crippen LogP contribution is 2.22. The number of anilines is 2. The number of ether oxygens (including phenoxy) is 1. The average molecular weight is 328 g/mol. The molecule has 1 amide bonds. The Kier molecular flexibility index (Phi) is 5.42. The largest absolute Gasteiger partial charge is 0.484 e. The lowest BCUT2D eigenvalue weighted by Gasteiger charge is -2.15. The van der Waals surface area contributed by atoms with E-state index in [1.54, 1.807) is 23.1 Å². The Balaban J connectivity index is 2.07. The summed E-state index contributed by atoms with van der Waals surface area (Å²) in [5.74, 6) is -0.934. The molecule has 24 heavy (non-hydrogen) atoms. The quantitative estimate of drug-likeness (QED) is 0.852. The van der Waals surface area contributed by atoms with Crippen LogP contribution in [0.2, 0.25) is 0 Å². The molecule has 0 atom stereocenters. The topological polar surface area (TPSA) is 78.9 Å². The van der Waals surface area contributed by atoms with Gasteiger partial charge in [-0.05, 0) is 42.8 Å². The smallest absolute Gasteiger partial charge is 0.337 e. The lowest BCUT2D eigenvalue weighted by molar-refractivity contribution is -0.118. The molecule has 2 aromatic rings. The van der Waals surface area contributed by atoms with Crippen LogP contribution in [0.1, 0.15) is 15.9 Å². The standard InChI is InChI=1S/C18H20N2O4/c1-12-5-4-6-14(9-12)24-11-17(21)19-16-8-7-13(20(2)3)10-15(16)18(22)23/h4-10H,11H2,1-3H3,(H,19,21)(H,22,23). The van der Waals surface area contributed by atoms with E-state index in [1.165, 1.54) is 6.07 Å². The summed E-state index contributed by atoms with van der Waals surface area (Å²) in [5, 5.41) is 11.9. The van der Waals surface area contributed by atoms with Crippen molar-refractivity contribution in [2.24, 2.45) is 0 Å². The van der Waals surface area contributed by atoms with Gasteiger partial charge in [0.15, 0.2) is 6.61 Å². The summed E-state index contributed by atoms with van der Waals surface area (Å²) < 4.78 is 5.42. The van der Waals surface area contributed by atoms with E-state index in [0.29, 0.717) is 5.75 Å². The number of rotatable bonds is 6. The van der Waals surface area contributed by atoms with Gasteiger partial charge in [-0.1, -0.05) is 12.1 Å². The second-order valence-electron chi connectivity index (χ2n) is 5.58. The van der Waals surface area contributed by atoms with Crippen LogP contribution in [-0.2, 0) is 4.79 Å². The molecule has 0 fully saturated rings. The van der Waals surface area contributed by atoms with Gasteiger partial charge in [0.1, 0.15) is 5.75 Å². The lowest BCUT2D eigenvalue weighted by atomic mass is 10.1. The Bertz CT molecular complexity index is 756. The number of hydrogen-bond donors (Lipinski definition) is 2. The molecule has 0 spiro atoms. The van der Waals surface area contributed by atoms with E-state index in [0.717, 1.165) is 11.3 Å². The minimum atomic E-state index is -1.10. The fraction of sp³-hybridized carbons (Fsp3) is 0.222. The summed E-state index contributed by atoms with van der Waals surface area (Å²) in [4.78, 5) is 25.2. The average Bonchev–Trinajstić information content (AvgIpc) is 2.53. The number of carbonyl (C=O) groups is 2. The van der Waals surface area contributed by atoms with Crippen LogP contribution in [0.25, 0.3) is 0 Å². The molecule has 0 aromatic heterocycles. The molecule has 6 heteroatoms. The van der Waals surface area contributed by atoms with Crippen LogP contribution in [0.4, 0.5) is 11.4 Å². The Labute approximate surface area is 140 Å².